The summed E-state index contributed by atoms with van der Waals surface area (Å²) in [6, 6.07) is 0. The number of rotatable bonds is 2. The molecule has 5 heteroatoms. The van der Waals surface area contributed by atoms with Crippen LogP contribution in [0.15, 0.2) is 0 Å². The first-order valence-electron chi connectivity index (χ1n) is 3.57. The highest BCUT2D eigenvalue weighted by atomic mass is 31.2. The van der Waals surface area contributed by atoms with Crippen LogP contribution in [0.1, 0.15) is 20.8 Å². The molecule has 1 saturated heterocycles. The van der Waals surface area contributed by atoms with Crippen LogP contribution in [0.5, 0.6) is 0 Å². The zero-order chi connectivity index (χ0) is 8.54. The van der Waals surface area contributed by atoms with Crippen molar-refractivity contribution < 1.29 is 18.1 Å². The molecule has 1 fully saturated rings. The molecule has 0 radical (unpaired) electrons. The fraction of sp³-hybridized carbons (Fsp3) is 1.00. The van der Waals surface area contributed by atoms with Crippen molar-refractivity contribution in [1.82, 2.24) is 0 Å². The Morgan fingerprint density at radius 3 is 2.64 bits per heavy atom. The lowest BCUT2D eigenvalue weighted by Gasteiger charge is -2.14. The fourth-order valence-electron chi connectivity index (χ4n) is 0.812. The predicted molar refractivity (Wildman–Crippen MR) is 40.3 cm³/mol. The SMILES string of the molecule is CCOP1(=O)OCC(C)(C)O1. The summed E-state index contributed by atoms with van der Waals surface area (Å²) in [6.07, 6.45) is 0. The van der Waals surface area contributed by atoms with Gasteiger partial charge in [0, 0.05) is 0 Å². The van der Waals surface area contributed by atoms with E-state index in [2.05, 4.69) is 0 Å². The van der Waals surface area contributed by atoms with Crippen LogP contribution in [0.4, 0.5) is 0 Å². The van der Waals surface area contributed by atoms with Crippen LogP contribution in [-0.4, -0.2) is 18.8 Å². The fourth-order valence-corrected chi connectivity index (χ4v) is 2.43. The maximum absolute atomic E-state index is 11.4. The molecule has 0 bridgehead atoms. The first-order valence-corrected chi connectivity index (χ1v) is 5.03. The largest absolute Gasteiger partial charge is 0.475 e. The van der Waals surface area contributed by atoms with Gasteiger partial charge in [0.1, 0.15) is 0 Å². The van der Waals surface area contributed by atoms with Crippen LogP contribution >= 0.6 is 7.82 Å². The Labute approximate surface area is 66.4 Å². The molecule has 1 unspecified atom stereocenters. The van der Waals surface area contributed by atoms with Gasteiger partial charge in [-0.25, -0.2) is 4.57 Å². The summed E-state index contributed by atoms with van der Waals surface area (Å²) < 4.78 is 26.2. The summed E-state index contributed by atoms with van der Waals surface area (Å²) in [5.41, 5.74) is -0.481. The lowest BCUT2D eigenvalue weighted by molar-refractivity contribution is 0.118. The smallest absolute Gasteiger partial charge is 0.287 e. The van der Waals surface area contributed by atoms with Gasteiger partial charge in [0.05, 0.1) is 18.8 Å². The predicted octanol–water partition coefficient (Wildman–Crippen LogP) is 1.96. The van der Waals surface area contributed by atoms with Gasteiger partial charge in [-0.1, -0.05) is 0 Å². The van der Waals surface area contributed by atoms with E-state index in [1.54, 1.807) is 6.92 Å². The first-order chi connectivity index (χ1) is 4.97. The van der Waals surface area contributed by atoms with Crippen molar-refractivity contribution in [3.63, 3.8) is 0 Å². The van der Waals surface area contributed by atoms with E-state index in [0.29, 0.717) is 13.2 Å². The van der Waals surface area contributed by atoms with E-state index in [-0.39, 0.29) is 0 Å². The Hall–Kier alpha value is 0.110. The molecule has 0 spiro atoms. The maximum Gasteiger partial charge on any atom is 0.475 e. The van der Waals surface area contributed by atoms with E-state index in [9.17, 15) is 4.57 Å². The molecule has 0 aromatic heterocycles. The highest BCUT2D eigenvalue weighted by molar-refractivity contribution is 7.48. The van der Waals surface area contributed by atoms with Gasteiger partial charge in [0.2, 0.25) is 0 Å². The van der Waals surface area contributed by atoms with Gasteiger partial charge in [-0.2, -0.15) is 0 Å². The highest BCUT2D eigenvalue weighted by Gasteiger charge is 2.43. The Bertz CT molecular complexity index is 189. The first kappa shape index (κ1) is 9.20. The molecule has 0 saturated carbocycles. The van der Waals surface area contributed by atoms with E-state index in [1.807, 2.05) is 13.8 Å². The summed E-state index contributed by atoms with van der Waals surface area (Å²) in [4.78, 5) is 0. The van der Waals surface area contributed by atoms with Gasteiger partial charge in [0.15, 0.2) is 0 Å². The molecule has 1 rings (SSSR count). The van der Waals surface area contributed by atoms with Gasteiger partial charge in [-0.3, -0.25) is 13.6 Å². The van der Waals surface area contributed by atoms with Crippen molar-refractivity contribution in [2.24, 2.45) is 0 Å². The zero-order valence-corrected chi connectivity index (χ0v) is 7.89. The van der Waals surface area contributed by atoms with Crippen LogP contribution in [0.3, 0.4) is 0 Å². The second-order valence-electron chi connectivity index (χ2n) is 2.99. The normalized spacial score (nSPS) is 35.9. The third kappa shape index (κ3) is 2.27. The van der Waals surface area contributed by atoms with E-state index < -0.39 is 13.4 Å². The summed E-state index contributed by atoms with van der Waals surface area (Å²) in [5, 5.41) is 0. The molecule has 1 aliphatic heterocycles. The van der Waals surface area contributed by atoms with Crippen LogP contribution in [0.25, 0.3) is 0 Å². The third-order valence-electron chi connectivity index (χ3n) is 1.22. The molecular formula is C6H13O4P. The van der Waals surface area contributed by atoms with Gasteiger partial charge >= 0.3 is 7.82 Å². The topological polar surface area (TPSA) is 44.8 Å². The molecular weight excluding hydrogens is 167 g/mol. The van der Waals surface area contributed by atoms with E-state index >= 15 is 0 Å². The Morgan fingerprint density at radius 2 is 2.27 bits per heavy atom. The molecule has 4 nitrogen and oxygen atoms in total. The second-order valence-corrected chi connectivity index (χ2v) is 4.58. The minimum absolute atomic E-state index is 0.324. The molecule has 0 N–H and O–H groups in total. The molecule has 1 atom stereocenters. The highest BCUT2D eigenvalue weighted by Crippen LogP contribution is 2.57. The van der Waals surface area contributed by atoms with Crippen LogP contribution in [-0.2, 0) is 18.1 Å². The van der Waals surface area contributed by atoms with Gasteiger partial charge in [-0.05, 0) is 20.8 Å². The Balaban J connectivity index is 2.58. The molecule has 66 valence electrons. The molecule has 1 heterocycles. The lowest BCUT2D eigenvalue weighted by Crippen LogP contribution is -2.20. The van der Waals surface area contributed by atoms with Gasteiger partial charge in [0.25, 0.3) is 0 Å². The third-order valence-corrected chi connectivity index (χ3v) is 2.95. The van der Waals surface area contributed by atoms with Crippen molar-refractivity contribution in [3.8, 4) is 0 Å². The summed E-state index contributed by atoms with van der Waals surface area (Å²) in [6.45, 7) is 6.03. The van der Waals surface area contributed by atoms with Crippen molar-refractivity contribution >= 4 is 7.82 Å². The summed E-state index contributed by atoms with van der Waals surface area (Å²) in [7, 11) is -3.19. The second kappa shape index (κ2) is 2.87. The quantitative estimate of drug-likeness (QED) is 0.609. The molecule has 0 amide bonds. The van der Waals surface area contributed by atoms with Crippen molar-refractivity contribution in [1.29, 1.82) is 0 Å². The average molecular weight is 180 g/mol. The summed E-state index contributed by atoms with van der Waals surface area (Å²) in [5.74, 6) is 0. The van der Waals surface area contributed by atoms with Crippen molar-refractivity contribution in [2.75, 3.05) is 13.2 Å². The lowest BCUT2D eigenvalue weighted by atomic mass is 10.2. The van der Waals surface area contributed by atoms with Crippen LogP contribution < -0.4 is 0 Å². The zero-order valence-electron chi connectivity index (χ0n) is 6.99. The molecule has 1 aliphatic rings. The molecule has 0 aromatic carbocycles. The number of hydrogen-bond donors (Lipinski definition) is 0. The molecule has 0 aliphatic carbocycles. The van der Waals surface area contributed by atoms with Gasteiger partial charge in [-0.15, -0.1) is 0 Å². The Kier molecular flexibility index (Phi) is 2.40. The van der Waals surface area contributed by atoms with Crippen molar-refractivity contribution in [2.45, 2.75) is 26.4 Å². The Morgan fingerprint density at radius 1 is 1.64 bits per heavy atom. The number of phosphoric ester groups is 1. The maximum atomic E-state index is 11.4. The monoisotopic (exact) mass is 180 g/mol. The summed E-state index contributed by atoms with van der Waals surface area (Å²) >= 11 is 0. The van der Waals surface area contributed by atoms with Crippen LogP contribution in [0.2, 0.25) is 0 Å². The molecule has 0 aromatic rings. The average Bonchev–Trinajstić information content (AvgIpc) is 2.07. The standard InChI is InChI=1S/C6H13O4P/c1-4-8-11(7)9-5-6(2,3)10-11/h4-5H2,1-3H3. The van der Waals surface area contributed by atoms with E-state index in [4.69, 9.17) is 13.6 Å². The van der Waals surface area contributed by atoms with E-state index in [1.165, 1.54) is 0 Å². The van der Waals surface area contributed by atoms with Crippen molar-refractivity contribution in [3.05, 3.63) is 0 Å². The van der Waals surface area contributed by atoms with E-state index in [0.717, 1.165) is 0 Å². The van der Waals surface area contributed by atoms with Gasteiger partial charge < -0.3 is 0 Å². The number of phosphoric acid groups is 1. The minimum Gasteiger partial charge on any atom is -0.287 e. The minimum atomic E-state index is -3.19. The van der Waals surface area contributed by atoms with Crippen LogP contribution in [0, 0.1) is 0 Å². The number of hydrogen-bond acceptors (Lipinski definition) is 4. The molecule has 11 heavy (non-hydrogen) atoms.